The van der Waals surface area contributed by atoms with Crippen molar-refractivity contribution in [2.75, 3.05) is 25.1 Å². The van der Waals surface area contributed by atoms with Crippen LogP contribution in [0, 0.1) is 0 Å². The number of urea groups is 1. The minimum absolute atomic E-state index is 0.253. The molecule has 1 aliphatic heterocycles. The molecule has 8 nitrogen and oxygen atoms in total. The fourth-order valence-corrected chi connectivity index (χ4v) is 2.09. The van der Waals surface area contributed by atoms with Crippen molar-refractivity contribution in [3.05, 3.63) is 23.8 Å². The molecule has 3 amide bonds. The Labute approximate surface area is 127 Å². The van der Waals surface area contributed by atoms with Crippen LogP contribution in [0.3, 0.4) is 0 Å². The summed E-state index contributed by atoms with van der Waals surface area (Å²) in [5.41, 5.74) is 0.719. The minimum atomic E-state index is -1.12. The monoisotopic (exact) mass is 307 g/mol. The summed E-state index contributed by atoms with van der Waals surface area (Å²) < 4.78 is 5.21. The zero-order valence-electron chi connectivity index (χ0n) is 12.3. The second-order valence-electron chi connectivity index (χ2n) is 4.80. The van der Waals surface area contributed by atoms with Crippen LogP contribution < -0.4 is 20.3 Å². The number of hydrogen-bond donors (Lipinski definition) is 3. The summed E-state index contributed by atoms with van der Waals surface area (Å²) in [6.45, 7) is 2.35. The lowest BCUT2D eigenvalue weighted by molar-refractivity contribution is -0.138. The number of ether oxygens (including phenoxy) is 1. The molecular weight excluding hydrogens is 290 g/mol. The van der Waals surface area contributed by atoms with Gasteiger partial charge in [0, 0.05) is 18.7 Å². The number of methoxy groups -OCH3 is 1. The molecule has 118 valence electrons. The third-order valence-corrected chi connectivity index (χ3v) is 3.31. The van der Waals surface area contributed by atoms with E-state index in [9.17, 15) is 14.4 Å². The van der Waals surface area contributed by atoms with Gasteiger partial charge in [-0.2, -0.15) is 0 Å². The van der Waals surface area contributed by atoms with Crippen LogP contribution >= 0.6 is 0 Å². The van der Waals surface area contributed by atoms with Gasteiger partial charge >= 0.3 is 12.0 Å². The number of hydrogen-bond acceptors (Lipinski definition) is 4. The maximum atomic E-state index is 12.1. The van der Waals surface area contributed by atoms with Gasteiger partial charge in [0.15, 0.2) is 0 Å². The first-order valence-corrected chi connectivity index (χ1v) is 6.71. The van der Waals surface area contributed by atoms with E-state index in [0.717, 1.165) is 0 Å². The first-order valence-electron chi connectivity index (χ1n) is 6.71. The molecule has 0 aromatic heterocycles. The number of nitrogens with one attached hydrogen (secondary N) is 2. The van der Waals surface area contributed by atoms with Crippen LogP contribution in [-0.4, -0.2) is 49.3 Å². The summed E-state index contributed by atoms with van der Waals surface area (Å²) in [7, 11) is 1.47. The zero-order chi connectivity index (χ0) is 16.3. The Bertz CT molecular complexity index is 616. The predicted octanol–water partition coefficient (Wildman–Crippen LogP) is 0.428. The van der Waals surface area contributed by atoms with Crippen LogP contribution in [0.4, 0.5) is 10.5 Å². The number of nitrogens with zero attached hydrogens (tertiary/aromatic N) is 1. The summed E-state index contributed by atoms with van der Waals surface area (Å²) in [5, 5.41) is 13.9. The van der Waals surface area contributed by atoms with Crippen LogP contribution in [0.2, 0.25) is 0 Å². The Morgan fingerprint density at radius 2 is 2.18 bits per heavy atom. The Balaban J connectivity index is 2.29. The van der Waals surface area contributed by atoms with Crippen molar-refractivity contribution < 1.29 is 24.2 Å². The number of aliphatic carboxylic acids is 1. The number of carbonyl (C=O) groups is 3. The molecular formula is C14H17N3O5. The normalized spacial score (nSPS) is 15.2. The maximum absolute atomic E-state index is 12.1. The van der Waals surface area contributed by atoms with Crippen molar-refractivity contribution >= 4 is 23.6 Å². The van der Waals surface area contributed by atoms with Crippen molar-refractivity contribution in [1.29, 1.82) is 0 Å². The molecule has 1 aliphatic rings. The number of carboxylic acids is 1. The summed E-state index contributed by atoms with van der Waals surface area (Å²) in [4.78, 5) is 36.1. The molecule has 1 aromatic carbocycles. The first kappa shape index (κ1) is 15.6. The van der Waals surface area contributed by atoms with Crippen molar-refractivity contribution in [2.24, 2.45) is 0 Å². The van der Waals surface area contributed by atoms with Crippen LogP contribution in [-0.2, 0) is 4.79 Å². The van der Waals surface area contributed by atoms with Gasteiger partial charge in [0.1, 0.15) is 11.8 Å². The van der Waals surface area contributed by atoms with E-state index in [2.05, 4.69) is 10.6 Å². The number of anilines is 1. The van der Waals surface area contributed by atoms with E-state index < -0.39 is 17.9 Å². The fraction of sp³-hybridized carbons (Fsp3) is 0.357. The van der Waals surface area contributed by atoms with Crippen molar-refractivity contribution in [3.63, 3.8) is 0 Å². The Morgan fingerprint density at radius 3 is 2.73 bits per heavy atom. The van der Waals surface area contributed by atoms with E-state index in [1.807, 2.05) is 0 Å². The van der Waals surface area contributed by atoms with Crippen LogP contribution in [0.25, 0.3) is 0 Å². The molecule has 1 saturated heterocycles. The number of rotatable bonds is 5. The van der Waals surface area contributed by atoms with Gasteiger partial charge in [-0.25, -0.2) is 4.79 Å². The van der Waals surface area contributed by atoms with Gasteiger partial charge in [-0.15, -0.1) is 0 Å². The molecule has 0 saturated carbocycles. The Hall–Kier alpha value is -2.77. The van der Waals surface area contributed by atoms with Gasteiger partial charge in [-0.1, -0.05) is 0 Å². The van der Waals surface area contributed by atoms with E-state index in [1.54, 1.807) is 6.07 Å². The van der Waals surface area contributed by atoms with E-state index in [-0.39, 0.29) is 11.6 Å². The highest BCUT2D eigenvalue weighted by Crippen LogP contribution is 2.30. The van der Waals surface area contributed by atoms with E-state index in [1.165, 1.54) is 31.1 Å². The van der Waals surface area contributed by atoms with Gasteiger partial charge in [-0.05, 0) is 25.1 Å². The lowest BCUT2D eigenvalue weighted by Crippen LogP contribution is -2.38. The predicted molar refractivity (Wildman–Crippen MR) is 78.3 cm³/mol. The largest absolute Gasteiger partial charge is 0.495 e. The lowest BCUT2D eigenvalue weighted by Gasteiger charge is -2.19. The van der Waals surface area contributed by atoms with Gasteiger partial charge in [0.25, 0.3) is 5.91 Å². The Kier molecular flexibility index (Phi) is 4.50. The maximum Gasteiger partial charge on any atom is 0.325 e. The molecule has 0 radical (unpaired) electrons. The second-order valence-corrected chi connectivity index (χ2v) is 4.80. The van der Waals surface area contributed by atoms with Crippen molar-refractivity contribution in [2.45, 2.75) is 13.0 Å². The molecule has 0 aliphatic carbocycles. The summed E-state index contributed by atoms with van der Waals surface area (Å²) in [5.74, 6) is -1.20. The molecule has 2 rings (SSSR count). The van der Waals surface area contributed by atoms with E-state index >= 15 is 0 Å². The van der Waals surface area contributed by atoms with E-state index in [0.29, 0.717) is 24.5 Å². The summed E-state index contributed by atoms with van der Waals surface area (Å²) in [6.07, 6.45) is 0. The highest BCUT2D eigenvalue weighted by Gasteiger charge is 2.25. The second kappa shape index (κ2) is 6.33. The number of carboxylic acid groups (broad SMARTS) is 1. The molecule has 0 bridgehead atoms. The summed E-state index contributed by atoms with van der Waals surface area (Å²) >= 11 is 0. The molecule has 1 aromatic rings. The van der Waals surface area contributed by atoms with Crippen LogP contribution in [0.15, 0.2) is 18.2 Å². The fourth-order valence-electron chi connectivity index (χ4n) is 2.09. The molecule has 1 heterocycles. The molecule has 0 spiro atoms. The highest BCUT2D eigenvalue weighted by molar-refractivity contribution is 6.00. The zero-order valence-corrected chi connectivity index (χ0v) is 12.3. The highest BCUT2D eigenvalue weighted by atomic mass is 16.5. The average molecular weight is 307 g/mol. The van der Waals surface area contributed by atoms with E-state index in [4.69, 9.17) is 9.84 Å². The third kappa shape index (κ3) is 3.11. The average Bonchev–Trinajstić information content (AvgIpc) is 2.92. The topological polar surface area (TPSA) is 108 Å². The smallest absolute Gasteiger partial charge is 0.325 e. The first-order chi connectivity index (χ1) is 10.4. The lowest BCUT2D eigenvalue weighted by atomic mass is 10.1. The standard InChI is InChI=1S/C14H17N3O5/c1-8(13(19)20)16-12(18)9-3-4-11(22-2)10(7-9)17-6-5-15-14(17)21/h3-4,7-8H,5-6H2,1-2H3,(H,15,21)(H,16,18)(H,19,20). The van der Waals surface area contributed by atoms with Gasteiger partial charge in [0.2, 0.25) is 0 Å². The quantitative estimate of drug-likeness (QED) is 0.731. The molecule has 1 fully saturated rings. The van der Waals surface area contributed by atoms with Gasteiger partial charge in [0.05, 0.1) is 12.8 Å². The number of amides is 3. The van der Waals surface area contributed by atoms with Crippen molar-refractivity contribution in [3.8, 4) is 5.75 Å². The molecule has 1 atom stereocenters. The van der Waals surface area contributed by atoms with Crippen molar-refractivity contribution in [1.82, 2.24) is 10.6 Å². The third-order valence-electron chi connectivity index (χ3n) is 3.31. The minimum Gasteiger partial charge on any atom is -0.495 e. The number of benzene rings is 1. The molecule has 22 heavy (non-hydrogen) atoms. The Morgan fingerprint density at radius 1 is 1.45 bits per heavy atom. The van der Waals surface area contributed by atoms with Crippen LogP contribution in [0.5, 0.6) is 5.75 Å². The molecule has 3 N–H and O–H groups in total. The summed E-state index contributed by atoms with van der Waals surface area (Å²) in [6, 6.07) is 3.32. The van der Waals surface area contributed by atoms with Gasteiger partial charge in [-0.3, -0.25) is 14.5 Å². The molecule has 8 heteroatoms. The number of carbonyl (C=O) groups excluding carboxylic acids is 2. The van der Waals surface area contributed by atoms with Crippen LogP contribution in [0.1, 0.15) is 17.3 Å². The molecule has 1 unspecified atom stereocenters. The van der Waals surface area contributed by atoms with Gasteiger partial charge < -0.3 is 20.5 Å². The SMILES string of the molecule is COc1ccc(C(=O)NC(C)C(=O)O)cc1N1CCNC1=O.